The molecule has 3 N–H and O–H groups in total. The molecule has 0 atom stereocenters. The summed E-state index contributed by atoms with van der Waals surface area (Å²) in [6, 6.07) is 1.65. The normalized spacial score (nSPS) is 10.2. The van der Waals surface area contributed by atoms with Crippen LogP contribution in [0.25, 0.3) is 0 Å². The number of hydrogen-bond acceptors (Lipinski definition) is 4. The molecule has 0 unspecified atom stereocenters. The summed E-state index contributed by atoms with van der Waals surface area (Å²) in [5.74, 6) is 1.20. The number of nitrogens with one attached hydrogen (secondary N) is 2. The monoisotopic (exact) mass is 263 g/mol. The zero-order chi connectivity index (χ0) is 12.0. The van der Waals surface area contributed by atoms with E-state index < -0.39 is 0 Å². The third kappa shape index (κ3) is 3.70. The summed E-state index contributed by atoms with van der Waals surface area (Å²) < 4.78 is 0. The molecule has 1 heterocycles. The molecule has 0 bridgehead atoms. The Hall–Kier alpha value is -0.710. The van der Waals surface area contributed by atoms with Crippen molar-refractivity contribution in [3.63, 3.8) is 0 Å². The maximum Gasteiger partial charge on any atom is 0.147 e. The third-order valence-corrected chi connectivity index (χ3v) is 2.62. The van der Waals surface area contributed by atoms with Crippen LogP contribution in [0.2, 0.25) is 10.0 Å². The molecule has 0 saturated carbocycles. The van der Waals surface area contributed by atoms with Gasteiger partial charge < -0.3 is 15.7 Å². The number of hydrogen-bond donors (Lipinski definition) is 3. The maximum atomic E-state index is 8.64. The van der Waals surface area contributed by atoms with Crippen molar-refractivity contribution < 1.29 is 5.11 Å². The van der Waals surface area contributed by atoms with E-state index in [1.165, 1.54) is 0 Å². The standard InChI is InChI=1S/C10H15Cl2N3O/c1-13-9-7(11)6-8(12)10(15-9)14-4-2-3-5-16/h6,16H,2-5H2,1H3,(H2,13,14,15). The molecule has 0 spiro atoms. The fourth-order valence-corrected chi connectivity index (χ4v) is 1.73. The van der Waals surface area contributed by atoms with Crippen LogP contribution in [-0.2, 0) is 0 Å². The Morgan fingerprint density at radius 1 is 1.25 bits per heavy atom. The Kier molecular flexibility index (Phi) is 5.66. The molecular formula is C10H15Cl2N3O. The van der Waals surface area contributed by atoms with Gasteiger partial charge in [-0.2, -0.15) is 0 Å². The van der Waals surface area contributed by atoms with Gasteiger partial charge in [-0.05, 0) is 18.9 Å². The first-order valence-corrected chi connectivity index (χ1v) is 5.83. The molecule has 6 heteroatoms. The molecule has 0 aliphatic rings. The van der Waals surface area contributed by atoms with Gasteiger partial charge in [-0.1, -0.05) is 23.2 Å². The van der Waals surface area contributed by atoms with Crippen molar-refractivity contribution in [1.82, 2.24) is 4.98 Å². The van der Waals surface area contributed by atoms with Gasteiger partial charge in [-0.15, -0.1) is 0 Å². The molecule has 1 aromatic heterocycles. The number of rotatable bonds is 6. The van der Waals surface area contributed by atoms with Crippen LogP contribution in [0, 0.1) is 0 Å². The zero-order valence-corrected chi connectivity index (χ0v) is 10.6. The largest absolute Gasteiger partial charge is 0.396 e. The topological polar surface area (TPSA) is 57.2 Å². The molecule has 0 radical (unpaired) electrons. The van der Waals surface area contributed by atoms with Crippen molar-refractivity contribution in [3.05, 3.63) is 16.1 Å². The Bertz CT molecular complexity index is 347. The van der Waals surface area contributed by atoms with Gasteiger partial charge in [-0.25, -0.2) is 4.98 Å². The van der Waals surface area contributed by atoms with Gasteiger partial charge in [0, 0.05) is 20.2 Å². The second-order valence-corrected chi connectivity index (χ2v) is 4.07. The molecule has 0 amide bonds. The highest BCUT2D eigenvalue weighted by atomic mass is 35.5. The number of halogens is 2. The highest BCUT2D eigenvalue weighted by Crippen LogP contribution is 2.28. The number of aliphatic hydroxyl groups excluding tert-OH is 1. The fraction of sp³-hybridized carbons (Fsp3) is 0.500. The van der Waals surface area contributed by atoms with E-state index in [-0.39, 0.29) is 6.61 Å². The van der Waals surface area contributed by atoms with Crippen LogP contribution in [0.1, 0.15) is 12.8 Å². The second-order valence-electron chi connectivity index (χ2n) is 3.26. The summed E-state index contributed by atoms with van der Waals surface area (Å²) in [6.45, 7) is 0.920. The van der Waals surface area contributed by atoms with Crippen molar-refractivity contribution in [2.75, 3.05) is 30.8 Å². The number of aliphatic hydroxyl groups is 1. The SMILES string of the molecule is CNc1nc(NCCCCO)c(Cl)cc1Cl. The lowest BCUT2D eigenvalue weighted by atomic mass is 10.3. The number of unbranched alkanes of at least 4 members (excludes halogenated alkanes) is 1. The van der Waals surface area contributed by atoms with Gasteiger partial charge in [0.2, 0.25) is 0 Å². The molecule has 1 aromatic rings. The summed E-state index contributed by atoms with van der Waals surface area (Å²) in [5.41, 5.74) is 0. The summed E-state index contributed by atoms with van der Waals surface area (Å²) in [4.78, 5) is 4.24. The highest BCUT2D eigenvalue weighted by Gasteiger charge is 2.07. The summed E-state index contributed by atoms with van der Waals surface area (Å²) in [7, 11) is 1.75. The van der Waals surface area contributed by atoms with E-state index in [1.54, 1.807) is 13.1 Å². The Labute approximate surface area is 105 Å². The van der Waals surface area contributed by atoms with Crippen molar-refractivity contribution in [3.8, 4) is 0 Å². The minimum absolute atomic E-state index is 0.200. The minimum atomic E-state index is 0.200. The van der Waals surface area contributed by atoms with Crippen LogP contribution in [0.3, 0.4) is 0 Å². The first-order valence-electron chi connectivity index (χ1n) is 5.07. The van der Waals surface area contributed by atoms with Gasteiger partial charge in [0.25, 0.3) is 0 Å². The van der Waals surface area contributed by atoms with E-state index in [0.29, 0.717) is 21.7 Å². The summed E-state index contributed by atoms with van der Waals surface area (Å²) in [5, 5.41) is 15.6. The van der Waals surface area contributed by atoms with Crippen LogP contribution in [0.15, 0.2) is 6.07 Å². The van der Waals surface area contributed by atoms with Gasteiger partial charge in [0.15, 0.2) is 0 Å². The van der Waals surface area contributed by atoms with E-state index in [0.717, 1.165) is 19.4 Å². The minimum Gasteiger partial charge on any atom is -0.396 e. The lowest BCUT2D eigenvalue weighted by molar-refractivity contribution is 0.286. The quantitative estimate of drug-likeness (QED) is 0.691. The van der Waals surface area contributed by atoms with Gasteiger partial charge in [-0.3, -0.25) is 0 Å². The van der Waals surface area contributed by atoms with Gasteiger partial charge in [0.1, 0.15) is 11.6 Å². The van der Waals surface area contributed by atoms with Crippen molar-refractivity contribution in [1.29, 1.82) is 0 Å². The van der Waals surface area contributed by atoms with Crippen molar-refractivity contribution in [2.24, 2.45) is 0 Å². The van der Waals surface area contributed by atoms with Crippen LogP contribution >= 0.6 is 23.2 Å². The number of aromatic nitrogens is 1. The van der Waals surface area contributed by atoms with Gasteiger partial charge >= 0.3 is 0 Å². The van der Waals surface area contributed by atoms with Crippen LogP contribution in [0.4, 0.5) is 11.6 Å². The second kappa shape index (κ2) is 6.78. The first kappa shape index (κ1) is 13.4. The Morgan fingerprint density at radius 2 is 1.94 bits per heavy atom. The molecule has 0 fully saturated rings. The number of nitrogens with zero attached hydrogens (tertiary/aromatic N) is 1. The smallest absolute Gasteiger partial charge is 0.147 e. The molecule has 1 rings (SSSR count). The van der Waals surface area contributed by atoms with Crippen LogP contribution in [0.5, 0.6) is 0 Å². The third-order valence-electron chi connectivity index (χ3n) is 2.04. The molecular weight excluding hydrogens is 249 g/mol. The van der Waals surface area contributed by atoms with E-state index in [9.17, 15) is 0 Å². The van der Waals surface area contributed by atoms with E-state index in [1.807, 2.05) is 0 Å². The van der Waals surface area contributed by atoms with Gasteiger partial charge in [0.05, 0.1) is 10.0 Å². The number of pyridine rings is 1. The molecule has 90 valence electrons. The molecule has 0 aliphatic carbocycles. The predicted molar refractivity (Wildman–Crippen MR) is 68.6 cm³/mol. The predicted octanol–water partition coefficient (Wildman–Crippen LogP) is 2.61. The average molecular weight is 264 g/mol. The van der Waals surface area contributed by atoms with E-state index in [2.05, 4.69) is 15.6 Å². The molecule has 0 saturated heterocycles. The maximum absolute atomic E-state index is 8.64. The van der Waals surface area contributed by atoms with Crippen molar-refractivity contribution >= 4 is 34.8 Å². The Balaban J connectivity index is 2.64. The summed E-state index contributed by atoms with van der Waals surface area (Å²) in [6.07, 6.45) is 1.63. The molecule has 16 heavy (non-hydrogen) atoms. The number of anilines is 2. The van der Waals surface area contributed by atoms with Crippen LogP contribution < -0.4 is 10.6 Å². The molecule has 0 aromatic carbocycles. The molecule has 0 aliphatic heterocycles. The van der Waals surface area contributed by atoms with E-state index >= 15 is 0 Å². The van der Waals surface area contributed by atoms with Crippen LogP contribution in [-0.4, -0.2) is 30.3 Å². The lowest BCUT2D eigenvalue weighted by Crippen LogP contribution is -2.06. The Morgan fingerprint density at radius 3 is 2.56 bits per heavy atom. The zero-order valence-electron chi connectivity index (χ0n) is 9.06. The highest BCUT2D eigenvalue weighted by molar-refractivity contribution is 6.37. The average Bonchev–Trinajstić information content (AvgIpc) is 2.27. The first-order chi connectivity index (χ1) is 7.69. The molecule has 4 nitrogen and oxygen atoms in total. The summed E-state index contributed by atoms with van der Waals surface area (Å²) >= 11 is 11.9. The lowest BCUT2D eigenvalue weighted by Gasteiger charge is -2.10. The van der Waals surface area contributed by atoms with E-state index in [4.69, 9.17) is 28.3 Å². The van der Waals surface area contributed by atoms with Crippen molar-refractivity contribution in [2.45, 2.75) is 12.8 Å². The fourth-order valence-electron chi connectivity index (χ4n) is 1.21.